The van der Waals surface area contributed by atoms with E-state index in [0.29, 0.717) is 13.1 Å². The fraction of sp³-hybridized carbons (Fsp3) is 0.857. The standard InChI is InChI=1S/C14H26N2O2/c1-13(2,3)11-7-16(10-18)12(14(4,5)6)8-15(11)9-17/h9-12H,7-8H2,1-6H3. The summed E-state index contributed by atoms with van der Waals surface area (Å²) in [5.74, 6) is 0. The van der Waals surface area contributed by atoms with Gasteiger partial charge in [0, 0.05) is 13.1 Å². The Kier molecular flexibility index (Phi) is 4.08. The Labute approximate surface area is 110 Å². The minimum absolute atomic E-state index is 0.0228. The lowest BCUT2D eigenvalue weighted by atomic mass is 9.79. The second-order valence-corrected chi connectivity index (χ2v) is 7.37. The summed E-state index contributed by atoms with van der Waals surface area (Å²) >= 11 is 0. The third kappa shape index (κ3) is 3.03. The van der Waals surface area contributed by atoms with Gasteiger partial charge in [0.1, 0.15) is 0 Å². The van der Waals surface area contributed by atoms with E-state index in [0.717, 1.165) is 12.8 Å². The zero-order valence-electron chi connectivity index (χ0n) is 12.4. The van der Waals surface area contributed by atoms with E-state index < -0.39 is 0 Å². The average molecular weight is 254 g/mol. The predicted molar refractivity (Wildman–Crippen MR) is 72.0 cm³/mol. The molecule has 4 heteroatoms. The minimum atomic E-state index is -0.0228. The summed E-state index contributed by atoms with van der Waals surface area (Å²) in [4.78, 5) is 26.3. The molecular weight excluding hydrogens is 228 g/mol. The van der Waals surface area contributed by atoms with Gasteiger partial charge in [0.05, 0.1) is 12.1 Å². The van der Waals surface area contributed by atoms with Crippen LogP contribution in [0.4, 0.5) is 0 Å². The zero-order chi connectivity index (χ0) is 14.1. The van der Waals surface area contributed by atoms with Crippen LogP contribution in [-0.2, 0) is 9.59 Å². The molecule has 0 saturated carbocycles. The zero-order valence-corrected chi connectivity index (χ0v) is 12.4. The van der Waals surface area contributed by atoms with E-state index in [-0.39, 0.29) is 22.9 Å². The van der Waals surface area contributed by atoms with Gasteiger partial charge in [0.15, 0.2) is 0 Å². The maximum Gasteiger partial charge on any atom is 0.210 e. The molecule has 2 atom stereocenters. The second-order valence-electron chi connectivity index (χ2n) is 7.37. The van der Waals surface area contributed by atoms with E-state index in [1.807, 2.05) is 9.80 Å². The van der Waals surface area contributed by atoms with E-state index >= 15 is 0 Å². The molecule has 1 saturated heterocycles. The molecule has 0 radical (unpaired) electrons. The van der Waals surface area contributed by atoms with Gasteiger partial charge < -0.3 is 9.80 Å². The molecule has 1 heterocycles. The Morgan fingerprint density at radius 2 is 1.06 bits per heavy atom. The lowest BCUT2D eigenvalue weighted by Crippen LogP contribution is -2.64. The van der Waals surface area contributed by atoms with Gasteiger partial charge >= 0.3 is 0 Å². The maximum absolute atomic E-state index is 11.3. The van der Waals surface area contributed by atoms with Gasteiger partial charge in [0.2, 0.25) is 12.8 Å². The highest BCUT2D eigenvalue weighted by Gasteiger charge is 2.42. The quantitative estimate of drug-likeness (QED) is 0.704. The summed E-state index contributed by atoms with van der Waals surface area (Å²) in [6.07, 6.45) is 1.85. The monoisotopic (exact) mass is 254 g/mol. The number of rotatable bonds is 2. The molecule has 18 heavy (non-hydrogen) atoms. The molecule has 1 aliphatic heterocycles. The Balaban J connectivity index is 3.00. The van der Waals surface area contributed by atoms with Gasteiger partial charge in [0.25, 0.3) is 0 Å². The molecule has 0 aromatic heterocycles. The largest absolute Gasteiger partial charge is 0.338 e. The first-order chi connectivity index (χ1) is 8.11. The van der Waals surface area contributed by atoms with Gasteiger partial charge in [-0.05, 0) is 10.8 Å². The number of hydrogen-bond donors (Lipinski definition) is 0. The summed E-state index contributed by atoms with van der Waals surface area (Å²) < 4.78 is 0. The summed E-state index contributed by atoms with van der Waals surface area (Å²) in [7, 11) is 0. The summed E-state index contributed by atoms with van der Waals surface area (Å²) in [5, 5.41) is 0. The molecule has 0 bridgehead atoms. The van der Waals surface area contributed by atoms with Gasteiger partial charge in [-0.2, -0.15) is 0 Å². The molecule has 4 nitrogen and oxygen atoms in total. The van der Waals surface area contributed by atoms with Crippen LogP contribution in [0.25, 0.3) is 0 Å². The van der Waals surface area contributed by atoms with E-state index in [1.54, 1.807) is 0 Å². The van der Waals surface area contributed by atoms with Crippen LogP contribution in [0.15, 0.2) is 0 Å². The molecule has 1 rings (SSSR count). The van der Waals surface area contributed by atoms with Crippen LogP contribution in [0.2, 0.25) is 0 Å². The van der Waals surface area contributed by atoms with Crippen molar-refractivity contribution in [2.24, 2.45) is 10.8 Å². The third-order valence-electron chi connectivity index (χ3n) is 3.84. The molecular formula is C14H26N2O2. The van der Waals surface area contributed by atoms with Gasteiger partial charge in [-0.25, -0.2) is 0 Å². The van der Waals surface area contributed by atoms with Gasteiger partial charge in [-0.1, -0.05) is 41.5 Å². The Hall–Kier alpha value is -1.06. The van der Waals surface area contributed by atoms with Crippen molar-refractivity contribution in [2.45, 2.75) is 53.6 Å². The molecule has 1 aliphatic rings. The lowest BCUT2D eigenvalue weighted by molar-refractivity contribution is -0.140. The fourth-order valence-corrected chi connectivity index (χ4v) is 2.64. The molecule has 1 fully saturated rings. The van der Waals surface area contributed by atoms with E-state index in [4.69, 9.17) is 0 Å². The van der Waals surface area contributed by atoms with Crippen molar-refractivity contribution in [3.05, 3.63) is 0 Å². The molecule has 0 aromatic rings. The van der Waals surface area contributed by atoms with Crippen molar-refractivity contribution in [1.29, 1.82) is 0 Å². The van der Waals surface area contributed by atoms with Crippen LogP contribution in [0, 0.1) is 10.8 Å². The van der Waals surface area contributed by atoms with Crippen molar-refractivity contribution >= 4 is 12.8 Å². The molecule has 2 amide bonds. The average Bonchev–Trinajstić information content (AvgIpc) is 2.24. The van der Waals surface area contributed by atoms with Crippen molar-refractivity contribution in [1.82, 2.24) is 9.80 Å². The minimum Gasteiger partial charge on any atom is -0.338 e. The van der Waals surface area contributed by atoms with Crippen LogP contribution in [0.3, 0.4) is 0 Å². The SMILES string of the molecule is CC(C)(C)C1CN(C=O)C(C(C)(C)C)CN1C=O. The Bertz CT molecular complexity index is 283. The van der Waals surface area contributed by atoms with E-state index in [9.17, 15) is 9.59 Å². The molecule has 0 aliphatic carbocycles. The number of carbonyl (C=O) groups excluding carboxylic acids is 2. The number of hydrogen-bond acceptors (Lipinski definition) is 2. The Morgan fingerprint density at radius 3 is 1.22 bits per heavy atom. The normalized spacial score (nSPS) is 26.1. The summed E-state index contributed by atoms with van der Waals surface area (Å²) in [6, 6.07) is 0.164. The van der Waals surface area contributed by atoms with Crippen molar-refractivity contribution in [2.75, 3.05) is 13.1 Å². The first-order valence-corrected chi connectivity index (χ1v) is 6.53. The van der Waals surface area contributed by atoms with Crippen LogP contribution in [-0.4, -0.2) is 47.8 Å². The number of amides is 2. The lowest BCUT2D eigenvalue weighted by Gasteiger charge is -2.51. The van der Waals surface area contributed by atoms with E-state index in [2.05, 4.69) is 41.5 Å². The smallest absolute Gasteiger partial charge is 0.210 e. The topological polar surface area (TPSA) is 40.6 Å². The van der Waals surface area contributed by atoms with Crippen LogP contribution >= 0.6 is 0 Å². The fourth-order valence-electron chi connectivity index (χ4n) is 2.64. The number of piperazine rings is 1. The highest BCUT2D eigenvalue weighted by Crippen LogP contribution is 2.33. The molecule has 2 unspecified atom stereocenters. The van der Waals surface area contributed by atoms with Gasteiger partial charge in [-0.3, -0.25) is 9.59 Å². The third-order valence-corrected chi connectivity index (χ3v) is 3.84. The van der Waals surface area contributed by atoms with Crippen LogP contribution in [0.1, 0.15) is 41.5 Å². The van der Waals surface area contributed by atoms with Crippen LogP contribution < -0.4 is 0 Å². The number of carbonyl (C=O) groups is 2. The number of nitrogens with zero attached hydrogens (tertiary/aromatic N) is 2. The Morgan fingerprint density at radius 1 is 0.778 bits per heavy atom. The summed E-state index contributed by atoms with van der Waals surface area (Å²) in [6.45, 7) is 13.9. The summed E-state index contributed by atoms with van der Waals surface area (Å²) in [5.41, 5.74) is -0.0456. The van der Waals surface area contributed by atoms with Crippen molar-refractivity contribution in [3.8, 4) is 0 Å². The first-order valence-electron chi connectivity index (χ1n) is 6.53. The second kappa shape index (κ2) is 4.90. The van der Waals surface area contributed by atoms with Gasteiger partial charge in [-0.15, -0.1) is 0 Å². The molecule has 0 aromatic carbocycles. The molecule has 0 N–H and O–H groups in total. The van der Waals surface area contributed by atoms with Crippen molar-refractivity contribution in [3.63, 3.8) is 0 Å². The van der Waals surface area contributed by atoms with E-state index in [1.165, 1.54) is 0 Å². The van der Waals surface area contributed by atoms with Crippen molar-refractivity contribution < 1.29 is 9.59 Å². The first kappa shape index (κ1) is 15.0. The predicted octanol–water partition coefficient (Wildman–Crippen LogP) is 1.75. The highest BCUT2D eigenvalue weighted by molar-refractivity contribution is 5.53. The van der Waals surface area contributed by atoms with Crippen LogP contribution in [0.5, 0.6) is 0 Å². The molecule has 0 spiro atoms. The molecule has 104 valence electrons. The highest BCUT2D eigenvalue weighted by atomic mass is 16.1. The maximum atomic E-state index is 11.3.